The number of hydrogen-bond donors (Lipinski definition) is 2. The Kier molecular flexibility index (Phi) is 6.30. The number of aromatic amines is 1. The van der Waals surface area contributed by atoms with Gasteiger partial charge in [0.2, 0.25) is 0 Å². The van der Waals surface area contributed by atoms with Crippen molar-refractivity contribution >= 4 is 17.4 Å². The highest BCUT2D eigenvalue weighted by Crippen LogP contribution is 2.21. The first-order valence-electron chi connectivity index (χ1n) is 9.02. The first-order valence-corrected chi connectivity index (χ1v) is 9.02. The molecule has 152 valence electrons. The summed E-state index contributed by atoms with van der Waals surface area (Å²) >= 11 is 0. The molecule has 9 nitrogen and oxygen atoms in total. The number of nitrogens with two attached hydrogens (primary N) is 1. The average Bonchev–Trinajstić information content (AvgIpc) is 3.25. The highest BCUT2D eigenvalue weighted by Gasteiger charge is 2.25. The van der Waals surface area contributed by atoms with Crippen molar-refractivity contribution in [1.29, 1.82) is 0 Å². The number of hydrogen-bond acceptors (Lipinski definition) is 6. The molecule has 0 aliphatic rings. The molecule has 3 N–H and O–H groups in total. The number of nitrogens with one attached hydrogen (secondary N) is 1. The highest BCUT2D eigenvalue weighted by molar-refractivity contribution is 6.07. The second-order valence-electron chi connectivity index (χ2n) is 6.38. The molecule has 2 heterocycles. The molecule has 0 spiro atoms. The summed E-state index contributed by atoms with van der Waals surface area (Å²) in [4.78, 5) is 41.5. The lowest BCUT2D eigenvalue weighted by Gasteiger charge is -2.24. The number of anilines is 2. The van der Waals surface area contributed by atoms with Crippen molar-refractivity contribution in [2.45, 2.75) is 13.0 Å². The molecule has 0 atom stereocenters. The van der Waals surface area contributed by atoms with E-state index in [1.807, 2.05) is 30.3 Å². The number of ether oxygens (including phenoxy) is 1. The Morgan fingerprint density at radius 2 is 2.00 bits per heavy atom. The van der Waals surface area contributed by atoms with Gasteiger partial charge in [0.15, 0.2) is 5.69 Å². The molecule has 0 aliphatic carbocycles. The van der Waals surface area contributed by atoms with Crippen LogP contribution in [0.2, 0.25) is 0 Å². The van der Waals surface area contributed by atoms with Gasteiger partial charge in [-0.2, -0.15) is 0 Å². The number of methoxy groups -OCH3 is 1. The fourth-order valence-electron chi connectivity index (χ4n) is 2.99. The van der Waals surface area contributed by atoms with E-state index in [1.54, 1.807) is 7.11 Å². The van der Waals surface area contributed by atoms with Gasteiger partial charge in [-0.15, -0.1) is 0 Å². The van der Waals surface area contributed by atoms with Crippen molar-refractivity contribution in [3.8, 4) is 0 Å². The van der Waals surface area contributed by atoms with Gasteiger partial charge < -0.3 is 19.8 Å². The normalized spacial score (nSPS) is 10.8. The second-order valence-corrected chi connectivity index (χ2v) is 6.38. The fourth-order valence-corrected chi connectivity index (χ4v) is 2.99. The van der Waals surface area contributed by atoms with E-state index in [0.29, 0.717) is 13.0 Å². The zero-order chi connectivity index (χ0) is 20.8. The molecule has 1 aromatic carbocycles. The zero-order valence-electron chi connectivity index (χ0n) is 16.0. The first-order chi connectivity index (χ1) is 14.0. The molecular weight excluding hydrogens is 376 g/mol. The molecule has 0 bridgehead atoms. The van der Waals surface area contributed by atoms with Gasteiger partial charge in [0.05, 0.1) is 18.4 Å². The van der Waals surface area contributed by atoms with Crippen LogP contribution in [0.25, 0.3) is 0 Å². The number of rotatable bonds is 8. The lowest BCUT2D eigenvalue weighted by Crippen LogP contribution is -2.42. The third-order valence-electron chi connectivity index (χ3n) is 4.41. The Balaban J connectivity index is 2.06. The average molecular weight is 398 g/mol. The van der Waals surface area contributed by atoms with Crippen LogP contribution in [0.4, 0.5) is 11.5 Å². The molecule has 29 heavy (non-hydrogen) atoms. The van der Waals surface area contributed by atoms with Crippen molar-refractivity contribution in [2.24, 2.45) is 0 Å². The summed E-state index contributed by atoms with van der Waals surface area (Å²) in [5.74, 6) is -0.547. The molecule has 0 fully saturated rings. The predicted molar refractivity (Wildman–Crippen MR) is 108 cm³/mol. The van der Waals surface area contributed by atoms with E-state index >= 15 is 0 Å². The third-order valence-corrected chi connectivity index (χ3v) is 4.41. The number of furan rings is 1. The molecule has 3 rings (SSSR count). The van der Waals surface area contributed by atoms with Crippen molar-refractivity contribution in [2.75, 3.05) is 30.9 Å². The van der Waals surface area contributed by atoms with Gasteiger partial charge in [-0.3, -0.25) is 19.1 Å². The van der Waals surface area contributed by atoms with E-state index in [0.717, 1.165) is 5.56 Å². The van der Waals surface area contributed by atoms with Crippen LogP contribution in [0, 0.1) is 0 Å². The van der Waals surface area contributed by atoms with Crippen LogP contribution in [0.5, 0.6) is 0 Å². The maximum absolute atomic E-state index is 13.0. The van der Waals surface area contributed by atoms with Crippen LogP contribution < -0.4 is 21.9 Å². The van der Waals surface area contributed by atoms with Gasteiger partial charge in [-0.05, 0) is 18.1 Å². The summed E-state index contributed by atoms with van der Waals surface area (Å²) < 4.78 is 11.3. The van der Waals surface area contributed by atoms with E-state index in [2.05, 4.69) is 4.98 Å². The molecule has 0 saturated heterocycles. The van der Waals surface area contributed by atoms with Gasteiger partial charge >= 0.3 is 5.69 Å². The Morgan fingerprint density at radius 1 is 1.24 bits per heavy atom. The number of carbonyl (C=O) groups excluding carboxylic acids is 1. The molecular formula is C20H22N4O5. The summed E-state index contributed by atoms with van der Waals surface area (Å²) in [5.41, 5.74) is 5.86. The Morgan fingerprint density at radius 3 is 2.66 bits per heavy atom. The summed E-state index contributed by atoms with van der Waals surface area (Å²) in [6.07, 6.45) is 3.12. The number of nitrogen functional groups attached to an aromatic ring is 1. The maximum atomic E-state index is 13.0. The van der Waals surface area contributed by atoms with Crippen LogP contribution in [0.3, 0.4) is 0 Å². The van der Waals surface area contributed by atoms with Crippen LogP contribution in [0.15, 0.2) is 62.9 Å². The molecule has 1 amide bonds. The highest BCUT2D eigenvalue weighted by atomic mass is 16.5. The van der Waals surface area contributed by atoms with E-state index < -0.39 is 17.2 Å². The van der Waals surface area contributed by atoms with Gasteiger partial charge in [0.25, 0.3) is 11.5 Å². The van der Waals surface area contributed by atoms with Crippen molar-refractivity contribution < 1.29 is 13.9 Å². The lowest BCUT2D eigenvalue weighted by molar-refractivity contribution is 0.0982. The zero-order valence-corrected chi connectivity index (χ0v) is 16.0. The molecule has 0 saturated carbocycles. The predicted octanol–water partition coefficient (Wildman–Crippen LogP) is 1.44. The number of nitrogens with zero attached hydrogens (tertiary/aromatic N) is 2. The molecule has 0 radical (unpaired) electrons. The molecule has 3 aromatic rings. The molecule has 2 aromatic heterocycles. The lowest BCUT2D eigenvalue weighted by atomic mass is 10.2. The summed E-state index contributed by atoms with van der Waals surface area (Å²) in [6.45, 7) is 0.715. The second kappa shape index (κ2) is 9.07. The summed E-state index contributed by atoms with van der Waals surface area (Å²) in [7, 11) is 1.55. The van der Waals surface area contributed by atoms with E-state index in [1.165, 1.54) is 28.1 Å². The van der Waals surface area contributed by atoms with Gasteiger partial charge in [0.1, 0.15) is 12.1 Å². The minimum Gasteiger partial charge on any atom is -0.472 e. The minimum absolute atomic E-state index is 0.0807. The third kappa shape index (κ3) is 4.46. The Hall–Kier alpha value is -3.59. The van der Waals surface area contributed by atoms with Crippen molar-refractivity contribution in [1.82, 2.24) is 9.55 Å². The fraction of sp³-hybridized carbons (Fsp3) is 0.250. The molecule has 0 aliphatic heterocycles. The van der Waals surface area contributed by atoms with Crippen LogP contribution in [-0.2, 0) is 11.3 Å². The summed E-state index contributed by atoms with van der Waals surface area (Å²) in [5, 5.41) is 0. The summed E-state index contributed by atoms with van der Waals surface area (Å²) in [6, 6.07) is 10.7. The number of H-pyrrole nitrogens is 1. The van der Waals surface area contributed by atoms with E-state index in [4.69, 9.17) is 14.9 Å². The van der Waals surface area contributed by atoms with Gasteiger partial charge in [0, 0.05) is 20.3 Å². The first kappa shape index (κ1) is 20.2. The number of carbonyl (C=O) groups is 1. The monoisotopic (exact) mass is 398 g/mol. The topological polar surface area (TPSA) is 124 Å². The van der Waals surface area contributed by atoms with Crippen molar-refractivity contribution in [3.63, 3.8) is 0 Å². The van der Waals surface area contributed by atoms with E-state index in [9.17, 15) is 14.4 Å². The smallest absolute Gasteiger partial charge is 0.330 e. The number of aromatic nitrogens is 2. The van der Waals surface area contributed by atoms with Crippen LogP contribution >= 0.6 is 0 Å². The van der Waals surface area contributed by atoms with E-state index in [-0.39, 0.29) is 30.2 Å². The minimum atomic E-state index is -0.730. The quantitative estimate of drug-likeness (QED) is 0.554. The number of amides is 1. The maximum Gasteiger partial charge on any atom is 0.330 e. The van der Waals surface area contributed by atoms with Gasteiger partial charge in [-0.25, -0.2) is 4.79 Å². The Bertz CT molecular complexity index is 1070. The van der Waals surface area contributed by atoms with Crippen LogP contribution in [0.1, 0.15) is 22.3 Å². The molecule has 0 unspecified atom stereocenters. The Labute approximate surface area is 166 Å². The number of benzene rings is 1. The largest absolute Gasteiger partial charge is 0.472 e. The standard InChI is InChI=1S/C20H22N4O5/c1-28-10-5-9-23(19(26)15-8-11-29-13-15)16-17(21)24(20(27)22-18(16)25)12-14-6-3-2-4-7-14/h2-4,6-8,11,13H,5,9-10,12,21H2,1H3,(H,22,25,27). The van der Waals surface area contributed by atoms with Crippen LogP contribution in [-0.4, -0.2) is 35.7 Å². The van der Waals surface area contributed by atoms with Crippen molar-refractivity contribution in [3.05, 3.63) is 80.9 Å². The molecule has 9 heteroatoms. The van der Waals surface area contributed by atoms with Gasteiger partial charge in [-0.1, -0.05) is 30.3 Å². The SMILES string of the molecule is COCCCN(C(=O)c1ccoc1)c1c(N)n(Cc2ccccc2)c(=O)[nH]c1=O.